The molecule has 1 aromatic rings. The van der Waals surface area contributed by atoms with Gasteiger partial charge in [0, 0.05) is 25.8 Å². The maximum Gasteiger partial charge on any atom is 0.237 e. The molecule has 1 amide bonds. The Morgan fingerprint density at radius 3 is 2.86 bits per heavy atom. The van der Waals surface area contributed by atoms with Gasteiger partial charge in [-0.2, -0.15) is 0 Å². The minimum atomic E-state index is -0.421. The first-order valence-electron chi connectivity index (χ1n) is 7.51. The van der Waals surface area contributed by atoms with Crippen molar-refractivity contribution in [2.45, 2.75) is 32.4 Å². The quantitative estimate of drug-likeness (QED) is 0.805. The summed E-state index contributed by atoms with van der Waals surface area (Å²) in [6.45, 7) is 5.71. The standard InChI is InChI=1S/C15H24N4O2/c1-2-3-13(16)15(20)18-11-12-4-5-14(17-10-12)19-6-8-21-9-7-19/h4-5,10,13H,2-3,6-9,11,16H2,1H3,(H,18,20)/t13-/m0/s1. The van der Waals surface area contributed by atoms with Crippen molar-refractivity contribution in [3.63, 3.8) is 0 Å². The van der Waals surface area contributed by atoms with Gasteiger partial charge in [0.15, 0.2) is 0 Å². The highest BCUT2D eigenvalue weighted by molar-refractivity contribution is 5.81. The van der Waals surface area contributed by atoms with Crippen molar-refractivity contribution < 1.29 is 9.53 Å². The number of carbonyl (C=O) groups is 1. The maximum atomic E-state index is 11.7. The number of ether oxygens (including phenoxy) is 1. The maximum absolute atomic E-state index is 11.7. The van der Waals surface area contributed by atoms with Crippen molar-refractivity contribution in [2.75, 3.05) is 31.2 Å². The fourth-order valence-electron chi connectivity index (χ4n) is 2.26. The molecule has 0 aliphatic carbocycles. The highest BCUT2D eigenvalue weighted by Gasteiger charge is 2.13. The number of carbonyl (C=O) groups excluding carboxylic acids is 1. The van der Waals surface area contributed by atoms with Crippen LogP contribution in [0.2, 0.25) is 0 Å². The molecule has 1 aliphatic rings. The van der Waals surface area contributed by atoms with E-state index in [-0.39, 0.29) is 5.91 Å². The van der Waals surface area contributed by atoms with Crippen LogP contribution in [0.1, 0.15) is 25.3 Å². The van der Waals surface area contributed by atoms with Crippen molar-refractivity contribution in [3.05, 3.63) is 23.9 Å². The molecule has 1 aliphatic heterocycles. The lowest BCUT2D eigenvalue weighted by molar-refractivity contribution is -0.122. The Bertz CT molecular complexity index is 443. The normalized spacial score (nSPS) is 16.6. The molecule has 0 radical (unpaired) electrons. The highest BCUT2D eigenvalue weighted by Crippen LogP contribution is 2.12. The third-order valence-electron chi connectivity index (χ3n) is 3.55. The Morgan fingerprint density at radius 2 is 2.24 bits per heavy atom. The molecule has 2 rings (SSSR count). The molecule has 6 heteroatoms. The lowest BCUT2D eigenvalue weighted by Crippen LogP contribution is -2.40. The van der Waals surface area contributed by atoms with E-state index < -0.39 is 6.04 Å². The van der Waals surface area contributed by atoms with Crippen molar-refractivity contribution in [2.24, 2.45) is 5.73 Å². The van der Waals surface area contributed by atoms with Crippen LogP contribution < -0.4 is 16.0 Å². The van der Waals surface area contributed by atoms with E-state index in [1.54, 1.807) is 6.20 Å². The van der Waals surface area contributed by atoms with Crippen LogP contribution in [0.15, 0.2) is 18.3 Å². The summed E-state index contributed by atoms with van der Waals surface area (Å²) in [6, 6.07) is 3.55. The largest absolute Gasteiger partial charge is 0.378 e. The van der Waals surface area contributed by atoms with Crippen LogP contribution in [0.25, 0.3) is 0 Å². The monoisotopic (exact) mass is 292 g/mol. The smallest absolute Gasteiger partial charge is 0.237 e. The number of rotatable bonds is 6. The summed E-state index contributed by atoms with van der Waals surface area (Å²) in [6.07, 6.45) is 3.42. The average Bonchev–Trinajstić information content (AvgIpc) is 2.54. The van der Waals surface area contributed by atoms with Crippen LogP contribution in [0.5, 0.6) is 0 Å². The number of nitrogens with zero attached hydrogens (tertiary/aromatic N) is 2. The fourth-order valence-corrected chi connectivity index (χ4v) is 2.26. The number of nitrogens with one attached hydrogen (secondary N) is 1. The number of hydrogen-bond acceptors (Lipinski definition) is 5. The highest BCUT2D eigenvalue weighted by atomic mass is 16.5. The Labute approximate surface area is 125 Å². The number of morpholine rings is 1. The summed E-state index contributed by atoms with van der Waals surface area (Å²) in [4.78, 5) is 18.4. The van der Waals surface area contributed by atoms with Crippen LogP contribution in [0.3, 0.4) is 0 Å². The van der Waals surface area contributed by atoms with E-state index in [2.05, 4.69) is 15.2 Å². The first-order valence-corrected chi connectivity index (χ1v) is 7.51. The zero-order valence-corrected chi connectivity index (χ0v) is 12.5. The summed E-state index contributed by atoms with van der Waals surface area (Å²) in [5.74, 6) is 0.852. The van der Waals surface area contributed by atoms with Crippen LogP contribution >= 0.6 is 0 Å². The van der Waals surface area contributed by atoms with Gasteiger partial charge in [-0.15, -0.1) is 0 Å². The third-order valence-corrected chi connectivity index (χ3v) is 3.55. The minimum Gasteiger partial charge on any atom is -0.378 e. The van der Waals surface area contributed by atoms with Crippen LogP contribution in [0.4, 0.5) is 5.82 Å². The van der Waals surface area contributed by atoms with Gasteiger partial charge in [0.2, 0.25) is 5.91 Å². The Balaban J connectivity index is 1.83. The molecule has 0 unspecified atom stereocenters. The number of nitrogens with two attached hydrogens (primary N) is 1. The predicted molar refractivity (Wildman–Crippen MR) is 82.0 cm³/mol. The van der Waals surface area contributed by atoms with E-state index in [4.69, 9.17) is 10.5 Å². The first-order chi connectivity index (χ1) is 10.2. The topological polar surface area (TPSA) is 80.5 Å². The first kappa shape index (κ1) is 15.7. The van der Waals surface area contributed by atoms with E-state index >= 15 is 0 Å². The molecule has 1 saturated heterocycles. The molecule has 0 aromatic carbocycles. The van der Waals surface area contributed by atoms with Gasteiger partial charge in [0.05, 0.1) is 19.3 Å². The van der Waals surface area contributed by atoms with Crippen LogP contribution in [-0.2, 0) is 16.1 Å². The van der Waals surface area contributed by atoms with E-state index in [0.717, 1.165) is 44.1 Å². The van der Waals surface area contributed by atoms with Crippen LogP contribution in [0, 0.1) is 0 Å². The molecular weight excluding hydrogens is 268 g/mol. The number of hydrogen-bond donors (Lipinski definition) is 2. The van der Waals surface area contributed by atoms with Gasteiger partial charge in [-0.25, -0.2) is 4.98 Å². The number of anilines is 1. The molecule has 3 N–H and O–H groups in total. The van der Waals surface area contributed by atoms with E-state index in [0.29, 0.717) is 13.0 Å². The summed E-state index contributed by atoms with van der Waals surface area (Å²) in [7, 11) is 0. The van der Waals surface area contributed by atoms with Crippen molar-refractivity contribution in [1.82, 2.24) is 10.3 Å². The zero-order chi connectivity index (χ0) is 15.1. The second-order valence-corrected chi connectivity index (χ2v) is 5.24. The molecule has 21 heavy (non-hydrogen) atoms. The molecule has 0 spiro atoms. The van der Waals surface area contributed by atoms with Crippen molar-refractivity contribution in [1.29, 1.82) is 0 Å². The van der Waals surface area contributed by atoms with Gasteiger partial charge in [0.1, 0.15) is 5.82 Å². The lowest BCUT2D eigenvalue weighted by Gasteiger charge is -2.27. The molecule has 1 aromatic heterocycles. The molecule has 2 heterocycles. The molecule has 1 atom stereocenters. The fraction of sp³-hybridized carbons (Fsp3) is 0.600. The number of pyridine rings is 1. The molecule has 0 bridgehead atoms. The van der Waals surface area contributed by atoms with E-state index in [1.165, 1.54) is 0 Å². The van der Waals surface area contributed by atoms with Crippen molar-refractivity contribution in [3.8, 4) is 0 Å². The van der Waals surface area contributed by atoms with Crippen molar-refractivity contribution >= 4 is 11.7 Å². The Morgan fingerprint density at radius 1 is 1.48 bits per heavy atom. The molecule has 116 valence electrons. The van der Waals surface area contributed by atoms with Gasteiger partial charge in [0.25, 0.3) is 0 Å². The zero-order valence-electron chi connectivity index (χ0n) is 12.5. The number of aromatic nitrogens is 1. The Kier molecular flexibility index (Phi) is 5.95. The van der Waals surface area contributed by atoms with Gasteiger partial charge in [-0.3, -0.25) is 4.79 Å². The van der Waals surface area contributed by atoms with Gasteiger partial charge in [-0.1, -0.05) is 19.4 Å². The second kappa shape index (κ2) is 7.95. The molecule has 6 nitrogen and oxygen atoms in total. The SMILES string of the molecule is CCC[C@H](N)C(=O)NCc1ccc(N2CCOCC2)nc1. The summed E-state index contributed by atoms with van der Waals surface area (Å²) in [5, 5.41) is 2.84. The summed E-state index contributed by atoms with van der Waals surface area (Å²) >= 11 is 0. The number of amides is 1. The molecule has 1 fully saturated rings. The summed E-state index contributed by atoms with van der Waals surface area (Å²) in [5.41, 5.74) is 6.74. The predicted octanol–water partition coefficient (Wildman–Crippen LogP) is 0.662. The van der Waals surface area contributed by atoms with E-state index in [1.807, 2.05) is 19.1 Å². The second-order valence-electron chi connectivity index (χ2n) is 5.24. The molecular formula is C15H24N4O2. The molecule has 0 saturated carbocycles. The van der Waals surface area contributed by atoms with Crippen LogP contribution in [-0.4, -0.2) is 43.2 Å². The van der Waals surface area contributed by atoms with Gasteiger partial charge in [-0.05, 0) is 18.1 Å². The Hall–Kier alpha value is -1.66. The lowest BCUT2D eigenvalue weighted by atomic mass is 10.1. The van der Waals surface area contributed by atoms with Gasteiger partial charge < -0.3 is 20.7 Å². The summed E-state index contributed by atoms with van der Waals surface area (Å²) < 4.78 is 5.32. The minimum absolute atomic E-state index is 0.103. The van der Waals surface area contributed by atoms with E-state index in [9.17, 15) is 4.79 Å². The average molecular weight is 292 g/mol. The van der Waals surface area contributed by atoms with Gasteiger partial charge >= 0.3 is 0 Å². The third kappa shape index (κ3) is 4.68.